The van der Waals surface area contributed by atoms with E-state index in [2.05, 4.69) is 4.74 Å². The van der Waals surface area contributed by atoms with Crippen LogP contribution in [0.4, 0.5) is 0 Å². The molecule has 0 saturated carbocycles. The van der Waals surface area contributed by atoms with Crippen LogP contribution in [0.25, 0.3) is 0 Å². The van der Waals surface area contributed by atoms with Gasteiger partial charge in [0.2, 0.25) is 5.78 Å². The SMILES string of the molecule is CCCc1c(SCCCOc2ccc(C(=O)COC(C)=O)c(OCCCC(=O)OC)c2CCC)ccc(C(C)=O)c1O. The number of carbonyl (C=O) groups is 4. The summed E-state index contributed by atoms with van der Waals surface area (Å²) in [5.74, 6) is 0.313. The van der Waals surface area contributed by atoms with Crippen LogP contribution < -0.4 is 9.47 Å². The molecule has 0 heterocycles. The first-order valence-electron chi connectivity index (χ1n) is 14.3. The van der Waals surface area contributed by atoms with Gasteiger partial charge >= 0.3 is 11.9 Å². The number of carbonyl (C=O) groups excluding carboxylic acids is 4. The maximum absolute atomic E-state index is 12.9. The first kappa shape index (κ1) is 34.7. The number of benzene rings is 2. The van der Waals surface area contributed by atoms with Crippen molar-refractivity contribution in [2.75, 3.05) is 32.7 Å². The molecule has 2 aromatic rings. The van der Waals surface area contributed by atoms with Crippen molar-refractivity contribution >= 4 is 35.3 Å². The van der Waals surface area contributed by atoms with Crippen LogP contribution in [-0.2, 0) is 31.9 Å². The highest BCUT2D eigenvalue weighted by Gasteiger charge is 2.21. The summed E-state index contributed by atoms with van der Waals surface area (Å²) in [6.45, 7) is 6.92. The molecule has 0 fully saturated rings. The van der Waals surface area contributed by atoms with Crippen molar-refractivity contribution in [3.05, 3.63) is 46.5 Å². The van der Waals surface area contributed by atoms with Gasteiger partial charge in [0.25, 0.3) is 0 Å². The minimum atomic E-state index is -0.553. The minimum absolute atomic E-state index is 0.0669. The van der Waals surface area contributed by atoms with Gasteiger partial charge in [-0.25, -0.2) is 0 Å². The minimum Gasteiger partial charge on any atom is -0.507 e. The summed E-state index contributed by atoms with van der Waals surface area (Å²) in [7, 11) is 1.33. The van der Waals surface area contributed by atoms with Crippen LogP contribution in [0.3, 0.4) is 0 Å². The summed E-state index contributed by atoms with van der Waals surface area (Å²) in [4.78, 5) is 48.5. The first-order valence-corrected chi connectivity index (χ1v) is 15.3. The Morgan fingerprint density at radius 3 is 2.17 bits per heavy atom. The maximum Gasteiger partial charge on any atom is 0.305 e. The molecule has 0 aliphatic rings. The smallest absolute Gasteiger partial charge is 0.305 e. The lowest BCUT2D eigenvalue weighted by Crippen LogP contribution is -2.16. The van der Waals surface area contributed by atoms with E-state index in [1.54, 1.807) is 30.0 Å². The average Bonchev–Trinajstić information content (AvgIpc) is 2.96. The lowest BCUT2D eigenvalue weighted by Gasteiger charge is -2.19. The standard InChI is InChI=1S/C32H42O9S/c1-6-10-25-28(39-18-9-19-42-29-16-14-23(21(3)33)31(37)26(29)11-7-2)15-13-24(27(35)20-41-22(4)34)32(25)40-17-8-12-30(36)38-5/h13-16,37H,6-12,17-20H2,1-5H3. The summed E-state index contributed by atoms with van der Waals surface area (Å²) in [6, 6.07) is 6.91. The molecule has 0 unspecified atom stereocenters. The zero-order valence-electron chi connectivity index (χ0n) is 25.2. The van der Waals surface area contributed by atoms with E-state index in [4.69, 9.17) is 14.2 Å². The van der Waals surface area contributed by atoms with E-state index in [1.807, 2.05) is 19.9 Å². The second-order valence-corrected chi connectivity index (χ2v) is 10.8. The van der Waals surface area contributed by atoms with Crippen molar-refractivity contribution in [3.63, 3.8) is 0 Å². The number of hydrogen-bond donors (Lipinski definition) is 1. The topological polar surface area (TPSA) is 125 Å². The van der Waals surface area contributed by atoms with Crippen LogP contribution in [0.5, 0.6) is 17.2 Å². The second-order valence-electron chi connectivity index (χ2n) is 9.70. The molecule has 0 spiro atoms. The number of esters is 2. The fourth-order valence-corrected chi connectivity index (χ4v) is 5.33. The molecule has 0 aromatic heterocycles. The van der Waals surface area contributed by atoms with Gasteiger partial charge in [0.05, 0.1) is 31.5 Å². The summed E-state index contributed by atoms with van der Waals surface area (Å²) >= 11 is 1.61. The molecule has 0 amide bonds. The number of phenols is 1. The molecular formula is C32H42O9S. The average molecular weight is 603 g/mol. The molecular weight excluding hydrogens is 560 g/mol. The number of hydrogen-bond acceptors (Lipinski definition) is 10. The van der Waals surface area contributed by atoms with Crippen LogP contribution in [0.15, 0.2) is 29.2 Å². The van der Waals surface area contributed by atoms with E-state index in [0.29, 0.717) is 49.4 Å². The monoisotopic (exact) mass is 602 g/mol. The van der Waals surface area contributed by atoms with Gasteiger partial charge in [0.1, 0.15) is 17.2 Å². The van der Waals surface area contributed by atoms with E-state index >= 15 is 0 Å². The molecule has 0 aliphatic carbocycles. The van der Waals surface area contributed by atoms with Crippen LogP contribution in [-0.4, -0.2) is 61.3 Å². The van der Waals surface area contributed by atoms with Gasteiger partial charge in [-0.3, -0.25) is 19.2 Å². The highest BCUT2D eigenvalue weighted by molar-refractivity contribution is 7.99. The maximum atomic E-state index is 12.9. The Labute approximate surface area is 252 Å². The predicted octanol–water partition coefficient (Wildman–Crippen LogP) is 6.14. The lowest BCUT2D eigenvalue weighted by molar-refractivity contribution is -0.141. The van der Waals surface area contributed by atoms with Crippen LogP contribution in [0, 0.1) is 0 Å². The quantitative estimate of drug-likeness (QED) is 0.0867. The van der Waals surface area contributed by atoms with Crippen molar-refractivity contribution in [2.24, 2.45) is 0 Å². The highest BCUT2D eigenvalue weighted by Crippen LogP contribution is 2.36. The molecule has 9 nitrogen and oxygen atoms in total. The summed E-state index contributed by atoms with van der Waals surface area (Å²) < 4.78 is 21.8. The number of Topliss-reactive ketones (excluding diaryl/α,β-unsaturated/α-hetero) is 2. The molecule has 42 heavy (non-hydrogen) atoms. The summed E-state index contributed by atoms with van der Waals surface area (Å²) in [5.41, 5.74) is 2.17. The van der Waals surface area contributed by atoms with E-state index < -0.39 is 18.4 Å². The van der Waals surface area contributed by atoms with E-state index in [1.165, 1.54) is 21.0 Å². The van der Waals surface area contributed by atoms with Crippen molar-refractivity contribution in [1.29, 1.82) is 0 Å². The largest absolute Gasteiger partial charge is 0.507 e. The number of ether oxygens (including phenoxy) is 4. The molecule has 0 atom stereocenters. The van der Waals surface area contributed by atoms with Gasteiger partial charge in [-0.2, -0.15) is 0 Å². The van der Waals surface area contributed by atoms with Gasteiger partial charge in [-0.1, -0.05) is 26.7 Å². The third kappa shape index (κ3) is 10.4. The van der Waals surface area contributed by atoms with Crippen molar-refractivity contribution < 1.29 is 43.2 Å². The Balaban J connectivity index is 2.17. The molecule has 230 valence electrons. The molecule has 1 N–H and O–H groups in total. The number of methoxy groups -OCH3 is 1. The Bertz CT molecular complexity index is 1240. The van der Waals surface area contributed by atoms with Crippen molar-refractivity contribution in [2.45, 2.75) is 77.5 Å². The van der Waals surface area contributed by atoms with Gasteiger partial charge in [0.15, 0.2) is 12.4 Å². The zero-order chi connectivity index (χ0) is 31.1. The van der Waals surface area contributed by atoms with Crippen LogP contribution in [0.2, 0.25) is 0 Å². The Morgan fingerprint density at radius 1 is 0.857 bits per heavy atom. The summed E-state index contributed by atoms with van der Waals surface area (Å²) in [6.07, 6.45) is 4.18. The van der Waals surface area contributed by atoms with Crippen LogP contribution >= 0.6 is 11.8 Å². The molecule has 2 aromatic carbocycles. The molecule has 0 aliphatic heterocycles. The van der Waals surface area contributed by atoms with Gasteiger partial charge in [-0.15, -0.1) is 11.8 Å². The lowest BCUT2D eigenvalue weighted by atomic mass is 10.0. The van der Waals surface area contributed by atoms with E-state index in [0.717, 1.165) is 34.6 Å². The van der Waals surface area contributed by atoms with E-state index in [-0.39, 0.29) is 36.1 Å². The summed E-state index contributed by atoms with van der Waals surface area (Å²) in [5, 5.41) is 10.6. The fourth-order valence-electron chi connectivity index (χ4n) is 4.31. The normalized spacial score (nSPS) is 10.7. The number of phenolic OH excluding ortho intramolecular Hbond substituents is 1. The van der Waals surface area contributed by atoms with Crippen molar-refractivity contribution in [1.82, 2.24) is 0 Å². The zero-order valence-corrected chi connectivity index (χ0v) is 26.0. The molecule has 0 bridgehead atoms. The van der Waals surface area contributed by atoms with Gasteiger partial charge in [0, 0.05) is 35.1 Å². The second kappa shape index (κ2) is 18.1. The Hall–Kier alpha value is -3.53. The number of aromatic hydroxyl groups is 1. The number of rotatable bonds is 19. The number of ketones is 2. The fraction of sp³-hybridized carbons (Fsp3) is 0.500. The van der Waals surface area contributed by atoms with Crippen LogP contribution in [0.1, 0.15) is 91.6 Å². The first-order chi connectivity index (χ1) is 20.1. The molecule has 10 heteroatoms. The Kier molecular flexibility index (Phi) is 14.9. The van der Waals surface area contributed by atoms with E-state index in [9.17, 15) is 24.3 Å². The third-order valence-corrected chi connectivity index (χ3v) is 7.53. The predicted molar refractivity (Wildman–Crippen MR) is 161 cm³/mol. The molecule has 2 rings (SSSR count). The van der Waals surface area contributed by atoms with Crippen molar-refractivity contribution in [3.8, 4) is 17.2 Å². The third-order valence-electron chi connectivity index (χ3n) is 6.35. The van der Waals surface area contributed by atoms with Gasteiger partial charge in [-0.05, 0) is 56.9 Å². The highest BCUT2D eigenvalue weighted by atomic mass is 32.2. The molecule has 0 saturated heterocycles. The number of thioether (sulfide) groups is 1. The van der Waals surface area contributed by atoms with Gasteiger partial charge < -0.3 is 24.1 Å². The molecule has 0 radical (unpaired) electrons. The Morgan fingerprint density at radius 2 is 1.52 bits per heavy atom.